The standard InChI is InChI=1S/C10H10N2O5S/c1-2-17-7(13)3-4-18-10-11-5-6(9(15)16)8(14)12-10/h3-5H,2H2,1H3,(H,15,16)(H,11,12,14)/b4-3-. The second-order valence-corrected chi connectivity index (χ2v) is 3.80. The summed E-state index contributed by atoms with van der Waals surface area (Å²) in [6.45, 7) is 1.96. The maximum absolute atomic E-state index is 11.3. The molecule has 0 bridgehead atoms. The fraction of sp³-hybridized carbons (Fsp3) is 0.200. The van der Waals surface area contributed by atoms with Crippen molar-refractivity contribution in [3.63, 3.8) is 0 Å². The lowest BCUT2D eigenvalue weighted by Crippen LogP contribution is -2.18. The Bertz CT molecular complexity index is 537. The Morgan fingerprint density at radius 1 is 1.61 bits per heavy atom. The van der Waals surface area contributed by atoms with Gasteiger partial charge in [0, 0.05) is 12.3 Å². The van der Waals surface area contributed by atoms with Crippen LogP contribution < -0.4 is 5.56 Å². The van der Waals surface area contributed by atoms with Gasteiger partial charge in [0.15, 0.2) is 5.16 Å². The predicted molar refractivity (Wildman–Crippen MR) is 63.4 cm³/mol. The first kappa shape index (κ1) is 14.0. The summed E-state index contributed by atoms with van der Waals surface area (Å²) in [4.78, 5) is 38.8. The molecule has 1 aromatic heterocycles. The van der Waals surface area contributed by atoms with Crippen LogP contribution in [-0.4, -0.2) is 33.6 Å². The predicted octanol–water partition coefficient (Wildman–Crippen LogP) is 0.637. The third-order valence-corrected chi connectivity index (χ3v) is 2.38. The normalized spacial score (nSPS) is 10.5. The topological polar surface area (TPSA) is 109 Å². The van der Waals surface area contributed by atoms with Gasteiger partial charge in [-0.05, 0) is 12.3 Å². The third-order valence-electron chi connectivity index (χ3n) is 1.68. The average molecular weight is 270 g/mol. The summed E-state index contributed by atoms with van der Waals surface area (Å²) in [5.74, 6) is -1.85. The zero-order chi connectivity index (χ0) is 13.5. The molecule has 0 saturated carbocycles. The number of carbonyl (C=O) groups is 2. The highest BCUT2D eigenvalue weighted by atomic mass is 32.2. The van der Waals surface area contributed by atoms with Crippen molar-refractivity contribution in [3.8, 4) is 0 Å². The highest BCUT2D eigenvalue weighted by molar-refractivity contribution is 8.02. The van der Waals surface area contributed by atoms with E-state index in [1.165, 1.54) is 11.5 Å². The summed E-state index contributed by atoms with van der Waals surface area (Å²) < 4.78 is 4.64. The third kappa shape index (κ3) is 4.06. The number of hydrogen-bond donors (Lipinski definition) is 2. The average Bonchev–Trinajstić information content (AvgIpc) is 2.29. The molecule has 96 valence electrons. The number of nitrogens with one attached hydrogen (secondary N) is 1. The van der Waals surface area contributed by atoms with E-state index in [1.807, 2.05) is 0 Å². The van der Waals surface area contributed by atoms with E-state index in [4.69, 9.17) is 5.11 Å². The number of aromatic carboxylic acids is 1. The quantitative estimate of drug-likeness (QED) is 0.349. The van der Waals surface area contributed by atoms with Crippen molar-refractivity contribution < 1.29 is 19.4 Å². The lowest BCUT2D eigenvalue weighted by Gasteiger charge is -1.97. The number of carbonyl (C=O) groups excluding carboxylic acids is 1. The molecule has 0 aromatic carbocycles. The molecule has 0 aliphatic carbocycles. The van der Waals surface area contributed by atoms with Crippen LogP contribution in [0, 0.1) is 0 Å². The number of carboxylic acids is 1. The second kappa shape index (κ2) is 6.60. The maximum Gasteiger partial charge on any atom is 0.342 e. The minimum absolute atomic E-state index is 0.186. The number of aromatic nitrogens is 2. The number of carboxylic acid groups (broad SMARTS) is 1. The van der Waals surface area contributed by atoms with Crippen molar-refractivity contribution in [2.24, 2.45) is 0 Å². The molecule has 0 unspecified atom stereocenters. The smallest absolute Gasteiger partial charge is 0.342 e. The van der Waals surface area contributed by atoms with Crippen LogP contribution in [0.15, 0.2) is 27.6 Å². The fourth-order valence-corrected chi connectivity index (χ4v) is 1.51. The van der Waals surface area contributed by atoms with E-state index in [9.17, 15) is 14.4 Å². The molecule has 0 aliphatic rings. The minimum atomic E-state index is -1.35. The number of rotatable bonds is 5. The van der Waals surface area contributed by atoms with Crippen LogP contribution in [-0.2, 0) is 9.53 Å². The Hall–Kier alpha value is -2.09. The van der Waals surface area contributed by atoms with Gasteiger partial charge in [0.2, 0.25) is 0 Å². The highest BCUT2D eigenvalue weighted by Crippen LogP contribution is 2.11. The van der Waals surface area contributed by atoms with E-state index >= 15 is 0 Å². The molecule has 0 atom stereocenters. The highest BCUT2D eigenvalue weighted by Gasteiger charge is 2.09. The molecule has 0 amide bonds. The monoisotopic (exact) mass is 270 g/mol. The van der Waals surface area contributed by atoms with Crippen LogP contribution in [0.25, 0.3) is 0 Å². The molecule has 0 aliphatic heterocycles. The first-order valence-electron chi connectivity index (χ1n) is 4.87. The molecule has 0 radical (unpaired) electrons. The van der Waals surface area contributed by atoms with Crippen LogP contribution in [0.5, 0.6) is 0 Å². The number of esters is 1. The summed E-state index contributed by atoms with van der Waals surface area (Å²) >= 11 is 0.968. The number of nitrogens with zero attached hydrogens (tertiary/aromatic N) is 1. The molecular weight excluding hydrogens is 260 g/mol. The van der Waals surface area contributed by atoms with E-state index in [0.717, 1.165) is 18.0 Å². The van der Waals surface area contributed by atoms with Gasteiger partial charge < -0.3 is 14.8 Å². The summed E-state index contributed by atoms with van der Waals surface area (Å²) in [5.41, 5.74) is -1.18. The van der Waals surface area contributed by atoms with Gasteiger partial charge in [-0.25, -0.2) is 14.6 Å². The molecule has 1 heterocycles. The van der Waals surface area contributed by atoms with E-state index < -0.39 is 23.1 Å². The van der Waals surface area contributed by atoms with Gasteiger partial charge in [0.25, 0.3) is 5.56 Å². The molecule has 18 heavy (non-hydrogen) atoms. The van der Waals surface area contributed by atoms with Crippen LogP contribution in [0.2, 0.25) is 0 Å². The van der Waals surface area contributed by atoms with Gasteiger partial charge in [-0.3, -0.25) is 4.79 Å². The minimum Gasteiger partial charge on any atom is -0.477 e. The van der Waals surface area contributed by atoms with Crippen LogP contribution in [0.3, 0.4) is 0 Å². The number of ether oxygens (including phenoxy) is 1. The first-order chi connectivity index (χ1) is 8.54. The molecular formula is C10H10N2O5S. The zero-order valence-electron chi connectivity index (χ0n) is 9.37. The Morgan fingerprint density at radius 2 is 2.33 bits per heavy atom. The molecule has 0 saturated heterocycles. The van der Waals surface area contributed by atoms with Crippen molar-refractivity contribution in [1.29, 1.82) is 0 Å². The summed E-state index contributed by atoms with van der Waals surface area (Å²) in [5, 5.41) is 10.2. The SMILES string of the molecule is CCOC(=O)/C=C\Sc1ncc(C(=O)O)c(=O)[nH]1. The molecule has 0 spiro atoms. The lowest BCUT2D eigenvalue weighted by atomic mass is 10.3. The van der Waals surface area contributed by atoms with Gasteiger partial charge in [0.1, 0.15) is 5.56 Å². The van der Waals surface area contributed by atoms with Crippen molar-refractivity contribution in [2.75, 3.05) is 6.61 Å². The second-order valence-electron chi connectivity index (χ2n) is 2.91. The number of thioether (sulfide) groups is 1. The number of aromatic amines is 1. The van der Waals surface area contributed by atoms with E-state index in [2.05, 4.69) is 14.7 Å². The van der Waals surface area contributed by atoms with Crippen molar-refractivity contribution >= 4 is 23.7 Å². The summed E-state index contributed by atoms with van der Waals surface area (Å²) in [6, 6.07) is 0. The fourth-order valence-electron chi connectivity index (χ4n) is 0.935. The Balaban J connectivity index is 2.70. The van der Waals surface area contributed by atoms with Crippen LogP contribution in [0.4, 0.5) is 0 Å². The van der Waals surface area contributed by atoms with Gasteiger partial charge >= 0.3 is 11.9 Å². The molecule has 1 aromatic rings. The van der Waals surface area contributed by atoms with Crippen molar-refractivity contribution in [3.05, 3.63) is 33.6 Å². The molecule has 8 heteroatoms. The van der Waals surface area contributed by atoms with Crippen molar-refractivity contribution in [1.82, 2.24) is 9.97 Å². The van der Waals surface area contributed by atoms with E-state index in [1.54, 1.807) is 6.92 Å². The lowest BCUT2D eigenvalue weighted by molar-refractivity contribution is -0.137. The number of H-pyrrole nitrogens is 1. The molecule has 7 nitrogen and oxygen atoms in total. The van der Waals surface area contributed by atoms with Gasteiger partial charge in [-0.15, -0.1) is 0 Å². The maximum atomic E-state index is 11.3. The molecule has 2 N–H and O–H groups in total. The van der Waals surface area contributed by atoms with Crippen molar-refractivity contribution in [2.45, 2.75) is 12.1 Å². The Morgan fingerprint density at radius 3 is 2.89 bits per heavy atom. The van der Waals surface area contributed by atoms with Gasteiger partial charge in [0.05, 0.1) is 6.61 Å². The number of hydrogen-bond acceptors (Lipinski definition) is 6. The van der Waals surface area contributed by atoms with Crippen LogP contribution >= 0.6 is 11.8 Å². The van der Waals surface area contributed by atoms with E-state index in [0.29, 0.717) is 0 Å². The van der Waals surface area contributed by atoms with Gasteiger partial charge in [-0.2, -0.15) is 0 Å². The molecule has 0 fully saturated rings. The zero-order valence-corrected chi connectivity index (χ0v) is 10.2. The first-order valence-corrected chi connectivity index (χ1v) is 5.75. The van der Waals surface area contributed by atoms with Gasteiger partial charge in [-0.1, -0.05) is 11.8 Å². The largest absolute Gasteiger partial charge is 0.477 e. The Labute approximate surface area is 106 Å². The van der Waals surface area contributed by atoms with E-state index in [-0.39, 0.29) is 11.8 Å². The van der Waals surface area contributed by atoms with Crippen LogP contribution in [0.1, 0.15) is 17.3 Å². The summed E-state index contributed by atoms with van der Waals surface area (Å²) in [7, 11) is 0. The summed E-state index contributed by atoms with van der Waals surface area (Å²) in [6.07, 6.45) is 2.14. The Kier molecular flexibility index (Phi) is 5.12. The molecule has 1 rings (SSSR count).